The van der Waals surface area contributed by atoms with Gasteiger partial charge in [0.2, 0.25) is 5.69 Å². The van der Waals surface area contributed by atoms with Crippen molar-refractivity contribution in [3.05, 3.63) is 28.7 Å². The van der Waals surface area contributed by atoms with Gasteiger partial charge in [-0.05, 0) is 6.92 Å². The molecule has 0 amide bonds. The number of methoxy groups -OCH3 is 1. The maximum Gasteiger partial charge on any atom is 0.225 e. The quantitative estimate of drug-likeness (QED) is 0.437. The zero-order valence-electron chi connectivity index (χ0n) is 9.60. The van der Waals surface area contributed by atoms with E-state index in [1.54, 1.807) is 13.2 Å². The molecule has 0 saturated heterocycles. The fourth-order valence-electron chi connectivity index (χ4n) is 1.37. The zero-order valence-corrected chi connectivity index (χ0v) is 9.60. The number of pyridine rings is 1. The highest BCUT2D eigenvalue weighted by atomic mass is 16.5. The van der Waals surface area contributed by atoms with Gasteiger partial charge in [-0.1, -0.05) is 0 Å². The van der Waals surface area contributed by atoms with Crippen LogP contribution in [0.5, 0.6) is 5.75 Å². The molecular formula is C11H17NO4. The predicted octanol–water partition coefficient (Wildman–Crippen LogP) is 0.536. The molecule has 0 fully saturated rings. The van der Waals surface area contributed by atoms with Crippen LogP contribution in [-0.2, 0) is 11.3 Å². The van der Waals surface area contributed by atoms with E-state index in [0.717, 1.165) is 10.3 Å². The third-order valence-electron chi connectivity index (χ3n) is 2.27. The van der Waals surface area contributed by atoms with Crippen LogP contribution in [-0.4, -0.2) is 25.4 Å². The Balaban J connectivity index is 2.81. The summed E-state index contributed by atoms with van der Waals surface area (Å²) in [5.41, 5.74) is 1.32. The van der Waals surface area contributed by atoms with Gasteiger partial charge in [0.1, 0.15) is 12.4 Å². The van der Waals surface area contributed by atoms with Crippen molar-refractivity contribution in [3.63, 3.8) is 0 Å². The van der Waals surface area contributed by atoms with Crippen molar-refractivity contribution in [1.29, 1.82) is 0 Å². The Morgan fingerprint density at radius 1 is 1.50 bits per heavy atom. The van der Waals surface area contributed by atoms with E-state index in [1.165, 1.54) is 6.20 Å². The first-order valence-corrected chi connectivity index (χ1v) is 5.15. The van der Waals surface area contributed by atoms with Gasteiger partial charge in [-0.2, -0.15) is 4.73 Å². The fourth-order valence-corrected chi connectivity index (χ4v) is 1.37. The Kier molecular flexibility index (Phi) is 5.01. The summed E-state index contributed by atoms with van der Waals surface area (Å²) in [6.45, 7) is 2.61. The molecular weight excluding hydrogens is 210 g/mol. The normalized spacial score (nSPS) is 10.4. The molecule has 1 rings (SSSR count). The minimum atomic E-state index is 0.0956. The zero-order chi connectivity index (χ0) is 12.0. The van der Waals surface area contributed by atoms with E-state index in [2.05, 4.69) is 0 Å². The van der Waals surface area contributed by atoms with Crippen LogP contribution in [0.15, 0.2) is 12.3 Å². The number of rotatable bonds is 6. The Morgan fingerprint density at radius 2 is 2.25 bits per heavy atom. The molecule has 0 saturated carbocycles. The van der Waals surface area contributed by atoms with Gasteiger partial charge in [-0.3, -0.25) is 0 Å². The van der Waals surface area contributed by atoms with Gasteiger partial charge >= 0.3 is 0 Å². The minimum Gasteiger partial charge on any atom is -0.618 e. The van der Waals surface area contributed by atoms with Crippen molar-refractivity contribution in [2.24, 2.45) is 0 Å². The van der Waals surface area contributed by atoms with E-state index >= 15 is 0 Å². The number of hydrogen-bond acceptors (Lipinski definition) is 4. The van der Waals surface area contributed by atoms with E-state index in [1.807, 2.05) is 6.92 Å². The van der Waals surface area contributed by atoms with E-state index in [0.29, 0.717) is 24.5 Å². The standard InChI is InChI=1S/C11H17NO4/c1-9-10(8-15-2)12(14)5-4-11(9)16-7-3-6-13/h4-5,13H,3,6-8H2,1-2H3. The molecule has 5 heteroatoms. The maximum atomic E-state index is 11.5. The molecule has 1 aromatic heterocycles. The topological polar surface area (TPSA) is 65.6 Å². The molecule has 90 valence electrons. The molecule has 0 aliphatic carbocycles. The minimum absolute atomic E-state index is 0.0956. The second-order valence-corrected chi connectivity index (χ2v) is 3.44. The smallest absolute Gasteiger partial charge is 0.225 e. The lowest BCUT2D eigenvalue weighted by atomic mass is 10.2. The second-order valence-electron chi connectivity index (χ2n) is 3.44. The van der Waals surface area contributed by atoms with Crippen LogP contribution in [0.4, 0.5) is 0 Å². The van der Waals surface area contributed by atoms with Crippen molar-refractivity contribution in [2.75, 3.05) is 20.3 Å². The van der Waals surface area contributed by atoms with Crippen molar-refractivity contribution >= 4 is 0 Å². The molecule has 0 radical (unpaired) electrons. The number of hydrogen-bond donors (Lipinski definition) is 1. The number of nitrogens with zero attached hydrogens (tertiary/aromatic N) is 1. The third-order valence-corrected chi connectivity index (χ3v) is 2.27. The first kappa shape index (κ1) is 12.7. The monoisotopic (exact) mass is 227 g/mol. The molecule has 1 N–H and O–H groups in total. The Bertz CT molecular complexity index is 341. The lowest BCUT2D eigenvalue weighted by molar-refractivity contribution is -0.616. The van der Waals surface area contributed by atoms with Crippen molar-refractivity contribution in [1.82, 2.24) is 0 Å². The van der Waals surface area contributed by atoms with Gasteiger partial charge in [0.05, 0.1) is 12.2 Å². The van der Waals surface area contributed by atoms with E-state index in [-0.39, 0.29) is 13.2 Å². The maximum absolute atomic E-state index is 11.5. The fraction of sp³-hybridized carbons (Fsp3) is 0.545. The summed E-state index contributed by atoms with van der Waals surface area (Å²) in [5.74, 6) is 0.660. The molecule has 0 aliphatic heterocycles. The lowest BCUT2D eigenvalue weighted by Gasteiger charge is -2.11. The highest BCUT2D eigenvalue weighted by Gasteiger charge is 2.14. The highest BCUT2D eigenvalue weighted by Crippen LogP contribution is 2.19. The summed E-state index contributed by atoms with van der Waals surface area (Å²) in [6.07, 6.45) is 1.97. The number of ether oxygens (including phenoxy) is 2. The Hall–Kier alpha value is -1.33. The van der Waals surface area contributed by atoms with Crippen LogP contribution in [0, 0.1) is 12.1 Å². The molecule has 5 nitrogen and oxygen atoms in total. The SMILES string of the molecule is COCc1c(C)c(OCCCO)cc[n+]1[O-]. The van der Waals surface area contributed by atoms with Crippen LogP contribution in [0.1, 0.15) is 17.7 Å². The summed E-state index contributed by atoms with van der Waals surface area (Å²) < 4.78 is 11.2. The van der Waals surface area contributed by atoms with Crippen LogP contribution < -0.4 is 9.47 Å². The first-order valence-electron chi connectivity index (χ1n) is 5.15. The molecule has 1 heterocycles. The summed E-state index contributed by atoms with van der Waals surface area (Å²) in [6, 6.07) is 1.62. The van der Waals surface area contributed by atoms with Gasteiger partial charge in [-0.15, -0.1) is 0 Å². The van der Waals surface area contributed by atoms with Crippen LogP contribution >= 0.6 is 0 Å². The van der Waals surface area contributed by atoms with Crippen molar-refractivity contribution < 1.29 is 19.3 Å². The van der Waals surface area contributed by atoms with Crippen LogP contribution in [0.3, 0.4) is 0 Å². The average Bonchev–Trinajstić information content (AvgIpc) is 2.28. The molecule has 0 unspecified atom stereocenters. The molecule has 1 aromatic rings. The van der Waals surface area contributed by atoms with E-state index in [4.69, 9.17) is 14.6 Å². The van der Waals surface area contributed by atoms with Crippen molar-refractivity contribution in [2.45, 2.75) is 20.0 Å². The van der Waals surface area contributed by atoms with Crippen LogP contribution in [0.2, 0.25) is 0 Å². The molecule has 0 aromatic carbocycles. The summed E-state index contributed by atoms with van der Waals surface area (Å²) in [5, 5.41) is 20.1. The van der Waals surface area contributed by atoms with Gasteiger partial charge in [0.15, 0.2) is 6.20 Å². The summed E-state index contributed by atoms with van der Waals surface area (Å²) in [7, 11) is 1.54. The number of aliphatic hydroxyl groups is 1. The Morgan fingerprint density at radius 3 is 2.88 bits per heavy atom. The third kappa shape index (κ3) is 3.08. The molecule has 0 atom stereocenters. The van der Waals surface area contributed by atoms with Gasteiger partial charge in [-0.25, -0.2) is 0 Å². The summed E-state index contributed by atoms with van der Waals surface area (Å²) in [4.78, 5) is 0. The molecule has 0 aliphatic rings. The largest absolute Gasteiger partial charge is 0.618 e. The second kappa shape index (κ2) is 6.30. The highest BCUT2D eigenvalue weighted by molar-refractivity contribution is 5.31. The number of aromatic nitrogens is 1. The lowest BCUT2D eigenvalue weighted by Crippen LogP contribution is -2.32. The molecule has 16 heavy (non-hydrogen) atoms. The van der Waals surface area contributed by atoms with Gasteiger partial charge in [0.25, 0.3) is 0 Å². The Labute approximate surface area is 94.8 Å². The van der Waals surface area contributed by atoms with E-state index < -0.39 is 0 Å². The average molecular weight is 227 g/mol. The predicted molar refractivity (Wildman–Crippen MR) is 58.0 cm³/mol. The number of aliphatic hydroxyl groups excluding tert-OH is 1. The van der Waals surface area contributed by atoms with Gasteiger partial charge in [0, 0.05) is 26.2 Å². The molecule has 0 spiro atoms. The van der Waals surface area contributed by atoms with Crippen molar-refractivity contribution in [3.8, 4) is 5.75 Å². The van der Waals surface area contributed by atoms with Crippen LogP contribution in [0.25, 0.3) is 0 Å². The van der Waals surface area contributed by atoms with Gasteiger partial charge < -0.3 is 19.8 Å². The van der Waals surface area contributed by atoms with E-state index in [9.17, 15) is 5.21 Å². The summed E-state index contributed by atoms with van der Waals surface area (Å²) >= 11 is 0. The molecule has 0 bridgehead atoms. The first-order chi connectivity index (χ1) is 7.70.